The van der Waals surface area contributed by atoms with Crippen LogP contribution in [0.25, 0.3) is 0 Å². The summed E-state index contributed by atoms with van der Waals surface area (Å²) in [5.41, 5.74) is 0.377. The van der Waals surface area contributed by atoms with Crippen LogP contribution in [0.1, 0.15) is 10.4 Å². The van der Waals surface area contributed by atoms with Crippen molar-refractivity contribution in [2.45, 2.75) is 0 Å². The third kappa shape index (κ3) is 0.987. The van der Waals surface area contributed by atoms with Crippen LogP contribution in [0.2, 0.25) is 0 Å². The fourth-order valence-corrected chi connectivity index (χ4v) is 0.700. The van der Waals surface area contributed by atoms with E-state index in [1.807, 2.05) is 0 Å². The Labute approximate surface area is 61.3 Å². The zero-order valence-electron chi connectivity index (χ0n) is 5.35. The summed E-state index contributed by atoms with van der Waals surface area (Å²) >= 11 is 0. The number of fused-ring (bicyclic) bond motifs is 1. The second kappa shape index (κ2) is 2.51. The number of azo groups is 1. The molecule has 2 rings (SSSR count). The molecule has 0 bridgehead atoms. The molecule has 0 fully saturated rings. The summed E-state index contributed by atoms with van der Waals surface area (Å²) in [4.78, 5) is 18.1. The molecule has 1 aromatic heterocycles. The van der Waals surface area contributed by atoms with Gasteiger partial charge in [0.2, 0.25) is 0 Å². The van der Waals surface area contributed by atoms with Gasteiger partial charge in [0, 0.05) is 6.20 Å². The molecule has 56 valence electrons. The Morgan fingerprint density at radius 2 is 2.09 bits per heavy atom. The Bertz CT molecular complexity index is 322. The molecular weight excluding hydrogens is 148 g/mol. The van der Waals surface area contributed by atoms with E-state index >= 15 is 0 Å². The van der Waals surface area contributed by atoms with Crippen LogP contribution in [0.15, 0.2) is 22.8 Å². The lowest BCUT2D eigenvalue weighted by Crippen LogP contribution is -1.90. The highest BCUT2D eigenvalue weighted by Gasteiger charge is 2.17. The van der Waals surface area contributed by atoms with Crippen molar-refractivity contribution in [1.29, 1.82) is 0 Å². The number of hydrogen-bond donors (Lipinski definition) is 0. The molecule has 0 radical (unpaired) electrons. The molecule has 1 aromatic rings. The average Bonchev–Trinajstić information content (AvgIpc) is 2.34. The summed E-state index contributed by atoms with van der Waals surface area (Å²) in [5, 5.41) is 6.79. The van der Waals surface area contributed by atoms with Crippen LogP contribution < -0.4 is 0 Å². The number of rotatable bonds is 0. The van der Waals surface area contributed by atoms with Crippen molar-refractivity contribution in [2.75, 3.05) is 0 Å². The van der Waals surface area contributed by atoms with Crippen molar-refractivity contribution >= 4 is 11.7 Å². The third-order valence-corrected chi connectivity index (χ3v) is 1.16. The predicted molar refractivity (Wildman–Crippen MR) is 34.5 cm³/mol. The predicted octanol–water partition coefficient (Wildman–Crippen LogP) is -0.111. The molecule has 0 aromatic carbocycles. The van der Waals surface area contributed by atoms with Gasteiger partial charge in [-0.2, -0.15) is 0 Å². The minimum Gasteiger partial charge on any atom is -0.412 e. The van der Waals surface area contributed by atoms with E-state index in [9.17, 15) is 4.79 Å². The molecule has 1 amide bonds. The Balaban J connectivity index is 0.000000605. The molecule has 6 heteroatoms. The van der Waals surface area contributed by atoms with Gasteiger partial charge in [-0.15, -0.1) is 10.2 Å². The minimum atomic E-state index is -0.365. The molecular formula is C5H4N4O2. The Morgan fingerprint density at radius 3 is 2.82 bits per heavy atom. The van der Waals surface area contributed by atoms with Gasteiger partial charge in [-0.1, -0.05) is 0 Å². The highest BCUT2D eigenvalue weighted by Crippen LogP contribution is 2.21. The highest BCUT2D eigenvalue weighted by atomic mass is 16.2. The molecule has 0 saturated heterocycles. The van der Waals surface area contributed by atoms with Gasteiger partial charge in [0.05, 0.1) is 0 Å². The van der Waals surface area contributed by atoms with Gasteiger partial charge >= 0.3 is 5.91 Å². The molecule has 0 unspecified atom stereocenters. The van der Waals surface area contributed by atoms with Gasteiger partial charge in [0.1, 0.15) is 11.9 Å². The Kier molecular flexibility index (Phi) is 1.69. The molecule has 2 heterocycles. The van der Waals surface area contributed by atoms with Gasteiger partial charge in [0.15, 0.2) is 5.82 Å². The maximum Gasteiger partial charge on any atom is 0.300 e. The second-order valence-corrected chi connectivity index (χ2v) is 1.77. The lowest BCUT2D eigenvalue weighted by molar-refractivity contribution is 0.100. The van der Waals surface area contributed by atoms with Crippen molar-refractivity contribution in [2.24, 2.45) is 10.2 Å². The smallest absolute Gasteiger partial charge is 0.300 e. The monoisotopic (exact) mass is 152 g/mol. The van der Waals surface area contributed by atoms with E-state index in [1.165, 1.54) is 12.5 Å². The molecule has 0 spiro atoms. The summed E-state index contributed by atoms with van der Waals surface area (Å²) in [7, 11) is 0. The van der Waals surface area contributed by atoms with Gasteiger partial charge in [-0.05, 0) is 0 Å². The Hall–Kier alpha value is -1.69. The van der Waals surface area contributed by atoms with E-state index in [1.54, 1.807) is 0 Å². The lowest BCUT2D eigenvalue weighted by Gasteiger charge is -1.86. The standard InChI is InChI=1S/C5H2N4O.H2O/c10-5-3-1-6-2-7-4(3)8-9-5;/h1-2H;1H2. The summed E-state index contributed by atoms with van der Waals surface area (Å²) in [6, 6.07) is 0. The van der Waals surface area contributed by atoms with Crippen LogP contribution >= 0.6 is 0 Å². The van der Waals surface area contributed by atoms with Crippen LogP contribution in [0.4, 0.5) is 5.82 Å². The summed E-state index contributed by atoms with van der Waals surface area (Å²) in [5.74, 6) is -0.00407. The second-order valence-electron chi connectivity index (χ2n) is 1.77. The topological polar surface area (TPSA) is 99.1 Å². The van der Waals surface area contributed by atoms with Gasteiger partial charge in [-0.25, -0.2) is 9.97 Å². The first-order valence-electron chi connectivity index (χ1n) is 2.64. The van der Waals surface area contributed by atoms with Crippen LogP contribution in [-0.4, -0.2) is 21.4 Å². The fraction of sp³-hybridized carbons (Fsp3) is 0. The van der Waals surface area contributed by atoms with E-state index in [-0.39, 0.29) is 11.4 Å². The fourth-order valence-electron chi connectivity index (χ4n) is 0.700. The van der Waals surface area contributed by atoms with Crippen molar-refractivity contribution in [3.05, 3.63) is 18.1 Å². The normalized spacial score (nSPS) is 12.5. The number of amides is 1. The number of carbonyl (C=O) groups is 1. The summed E-state index contributed by atoms with van der Waals surface area (Å²) < 4.78 is 0. The lowest BCUT2D eigenvalue weighted by atomic mass is 10.3. The number of nitrogens with zero attached hydrogens (tertiary/aromatic N) is 4. The van der Waals surface area contributed by atoms with E-state index in [0.717, 1.165) is 0 Å². The molecule has 6 nitrogen and oxygen atoms in total. The quantitative estimate of drug-likeness (QED) is 0.518. The van der Waals surface area contributed by atoms with Crippen molar-refractivity contribution in [1.82, 2.24) is 9.97 Å². The molecule has 0 atom stereocenters. The largest absolute Gasteiger partial charge is 0.412 e. The number of aromatic nitrogens is 2. The zero-order valence-corrected chi connectivity index (χ0v) is 5.35. The van der Waals surface area contributed by atoms with Crippen molar-refractivity contribution in [3.8, 4) is 0 Å². The molecule has 1 aliphatic heterocycles. The first kappa shape index (κ1) is 7.42. The van der Waals surface area contributed by atoms with Crippen molar-refractivity contribution in [3.63, 3.8) is 0 Å². The average molecular weight is 152 g/mol. The first-order valence-corrected chi connectivity index (χ1v) is 2.64. The summed E-state index contributed by atoms with van der Waals surface area (Å²) in [6.45, 7) is 0. The number of carbonyl (C=O) groups excluding carboxylic acids is 1. The van der Waals surface area contributed by atoms with E-state index in [4.69, 9.17) is 0 Å². The molecule has 11 heavy (non-hydrogen) atoms. The molecule has 1 aliphatic rings. The number of hydrogen-bond acceptors (Lipinski definition) is 4. The Morgan fingerprint density at radius 1 is 1.27 bits per heavy atom. The first-order chi connectivity index (χ1) is 4.88. The van der Waals surface area contributed by atoms with Gasteiger partial charge in [-0.3, -0.25) is 4.79 Å². The van der Waals surface area contributed by atoms with Crippen LogP contribution in [-0.2, 0) is 0 Å². The van der Waals surface area contributed by atoms with Crippen LogP contribution in [0.3, 0.4) is 0 Å². The van der Waals surface area contributed by atoms with Crippen LogP contribution in [0.5, 0.6) is 0 Å². The summed E-state index contributed by atoms with van der Waals surface area (Å²) in [6.07, 6.45) is 2.74. The van der Waals surface area contributed by atoms with Gasteiger partial charge < -0.3 is 5.48 Å². The van der Waals surface area contributed by atoms with Crippen molar-refractivity contribution < 1.29 is 10.3 Å². The maximum atomic E-state index is 10.7. The maximum absolute atomic E-state index is 10.7. The van der Waals surface area contributed by atoms with E-state index < -0.39 is 0 Å². The molecule has 0 saturated carbocycles. The van der Waals surface area contributed by atoms with Gasteiger partial charge in [0.25, 0.3) is 0 Å². The van der Waals surface area contributed by atoms with E-state index in [2.05, 4.69) is 20.2 Å². The van der Waals surface area contributed by atoms with Crippen LogP contribution in [0, 0.1) is 0 Å². The highest BCUT2D eigenvalue weighted by molar-refractivity contribution is 6.00. The molecule has 2 N–H and O–H groups in total. The molecule has 0 aliphatic carbocycles. The zero-order chi connectivity index (χ0) is 6.97. The third-order valence-electron chi connectivity index (χ3n) is 1.16. The SMILES string of the molecule is O.O=C1N=Nc2ncncc21. The minimum absolute atomic E-state index is 0. The van der Waals surface area contributed by atoms with E-state index in [0.29, 0.717) is 11.4 Å².